The van der Waals surface area contributed by atoms with Crippen LogP contribution >= 0.6 is 0 Å². The van der Waals surface area contributed by atoms with Crippen LogP contribution in [0, 0.1) is 0 Å². The van der Waals surface area contributed by atoms with Gasteiger partial charge in [-0.05, 0) is 11.1 Å². The third-order valence-corrected chi connectivity index (χ3v) is 1.82. The van der Waals surface area contributed by atoms with Gasteiger partial charge >= 0.3 is 6.18 Å². The van der Waals surface area contributed by atoms with E-state index in [4.69, 9.17) is 0 Å². The van der Waals surface area contributed by atoms with E-state index in [2.05, 4.69) is 10.3 Å². The maximum atomic E-state index is 12.1. The van der Waals surface area contributed by atoms with Gasteiger partial charge in [0.1, 0.15) is 0 Å². The number of hydroxylamine groups is 1. The van der Waals surface area contributed by atoms with Crippen molar-refractivity contribution in [2.45, 2.75) is 19.1 Å². The Kier molecular flexibility index (Phi) is 4.11. The molecule has 0 heterocycles. The summed E-state index contributed by atoms with van der Waals surface area (Å²) in [5.41, 5.74) is 3.60. The molecular weight excluding hydrogens is 207 g/mol. The summed E-state index contributed by atoms with van der Waals surface area (Å²) in [6.45, 7) is 0.391. The molecule has 0 bridgehead atoms. The monoisotopic (exact) mass is 219 g/mol. The fraction of sp³-hybridized carbons (Fsp3) is 0.400. The van der Waals surface area contributed by atoms with Gasteiger partial charge in [0.25, 0.3) is 0 Å². The first-order valence-electron chi connectivity index (χ1n) is 4.41. The summed E-state index contributed by atoms with van der Waals surface area (Å²) >= 11 is 0. The van der Waals surface area contributed by atoms with E-state index in [1.165, 1.54) is 19.2 Å². The Morgan fingerprint density at radius 1 is 1.27 bits per heavy atom. The second-order valence-electron chi connectivity index (χ2n) is 3.14. The molecule has 1 aromatic rings. The van der Waals surface area contributed by atoms with Crippen LogP contribution in [0.2, 0.25) is 0 Å². The summed E-state index contributed by atoms with van der Waals surface area (Å²) in [5, 5.41) is 0. The highest BCUT2D eigenvalue weighted by Gasteiger charge is 2.27. The Morgan fingerprint density at radius 2 is 1.93 bits per heavy atom. The number of hydrogen-bond donors (Lipinski definition) is 1. The highest BCUT2D eigenvalue weighted by Crippen LogP contribution is 2.21. The molecule has 1 rings (SSSR count). The molecule has 2 nitrogen and oxygen atoms in total. The van der Waals surface area contributed by atoms with Crippen LogP contribution in [-0.4, -0.2) is 13.3 Å². The smallest absolute Gasteiger partial charge is 0.305 e. The van der Waals surface area contributed by atoms with E-state index in [-0.39, 0.29) is 5.56 Å². The Balaban J connectivity index is 2.66. The van der Waals surface area contributed by atoms with Gasteiger partial charge in [-0.3, -0.25) is 0 Å². The third kappa shape index (κ3) is 4.80. The van der Waals surface area contributed by atoms with E-state index in [0.717, 1.165) is 5.56 Å². The summed E-state index contributed by atoms with van der Waals surface area (Å²) in [4.78, 5) is 4.61. The van der Waals surface area contributed by atoms with Gasteiger partial charge in [0.05, 0.1) is 13.5 Å². The van der Waals surface area contributed by atoms with Crippen molar-refractivity contribution >= 4 is 0 Å². The average molecular weight is 219 g/mol. The SMILES string of the molecule is CONCc1cccc(CC(F)(F)F)c1. The van der Waals surface area contributed by atoms with Gasteiger partial charge < -0.3 is 4.84 Å². The molecule has 5 heteroatoms. The largest absolute Gasteiger partial charge is 0.393 e. The first-order chi connectivity index (χ1) is 7.01. The van der Waals surface area contributed by atoms with Gasteiger partial charge in [0.2, 0.25) is 0 Å². The molecule has 0 saturated carbocycles. The van der Waals surface area contributed by atoms with Crippen molar-refractivity contribution in [1.29, 1.82) is 0 Å². The second-order valence-corrected chi connectivity index (χ2v) is 3.14. The van der Waals surface area contributed by atoms with Crippen LogP contribution in [0.5, 0.6) is 0 Å². The maximum Gasteiger partial charge on any atom is 0.393 e. The van der Waals surface area contributed by atoms with Crippen LogP contribution < -0.4 is 5.48 Å². The first-order valence-corrected chi connectivity index (χ1v) is 4.41. The molecule has 15 heavy (non-hydrogen) atoms. The molecule has 0 atom stereocenters. The van der Waals surface area contributed by atoms with E-state index in [1.54, 1.807) is 12.1 Å². The Bertz CT molecular complexity index is 312. The predicted molar refractivity (Wildman–Crippen MR) is 50.0 cm³/mol. The Labute approximate surface area is 86.0 Å². The Hall–Kier alpha value is -1.07. The molecule has 0 aliphatic heterocycles. The fourth-order valence-electron chi connectivity index (χ4n) is 1.24. The molecule has 0 aliphatic rings. The summed E-state index contributed by atoms with van der Waals surface area (Å²) in [7, 11) is 1.46. The van der Waals surface area contributed by atoms with Crippen molar-refractivity contribution in [3.8, 4) is 0 Å². The lowest BCUT2D eigenvalue weighted by molar-refractivity contribution is -0.127. The molecule has 0 saturated heterocycles. The lowest BCUT2D eigenvalue weighted by Gasteiger charge is -2.08. The highest BCUT2D eigenvalue weighted by molar-refractivity contribution is 5.23. The minimum absolute atomic E-state index is 0.262. The van der Waals surface area contributed by atoms with Gasteiger partial charge in [0, 0.05) is 6.54 Å². The fourth-order valence-corrected chi connectivity index (χ4v) is 1.24. The molecular formula is C10H12F3NO. The summed E-state index contributed by atoms with van der Waals surface area (Å²) < 4.78 is 36.3. The second kappa shape index (κ2) is 5.14. The van der Waals surface area contributed by atoms with E-state index in [0.29, 0.717) is 6.54 Å². The van der Waals surface area contributed by atoms with Crippen molar-refractivity contribution in [2.75, 3.05) is 7.11 Å². The molecule has 84 valence electrons. The molecule has 0 spiro atoms. The molecule has 0 radical (unpaired) electrons. The van der Waals surface area contributed by atoms with E-state index >= 15 is 0 Å². The standard InChI is InChI=1S/C10H12F3NO/c1-15-14-7-9-4-2-3-8(5-9)6-10(11,12)13/h2-5,14H,6-7H2,1H3. The zero-order valence-electron chi connectivity index (χ0n) is 8.27. The molecule has 0 aromatic heterocycles. The zero-order valence-corrected chi connectivity index (χ0v) is 8.27. The molecule has 0 aliphatic carbocycles. The lowest BCUT2D eigenvalue weighted by Crippen LogP contribution is -2.13. The third-order valence-electron chi connectivity index (χ3n) is 1.82. The van der Waals surface area contributed by atoms with Crippen LogP contribution in [0.25, 0.3) is 0 Å². The Morgan fingerprint density at radius 3 is 2.53 bits per heavy atom. The molecule has 0 fully saturated rings. The van der Waals surface area contributed by atoms with Gasteiger partial charge in [-0.2, -0.15) is 18.7 Å². The van der Waals surface area contributed by atoms with Gasteiger partial charge in [-0.15, -0.1) is 0 Å². The predicted octanol–water partition coefficient (Wildman–Crippen LogP) is 2.44. The van der Waals surface area contributed by atoms with E-state index < -0.39 is 12.6 Å². The van der Waals surface area contributed by atoms with E-state index in [1.807, 2.05) is 0 Å². The molecule has 0 unspecified atom stereocenters. The van der Waals surface area contributed by atoms with Crippen LogP contribution in [-0.2, 0) is 17.8 Å². The van der Waals surface area contributed by atoms with Crippen LogP contribution in [0.3, 0.4) is 0 Å². The number of hydrogen-bond acceptors (Lipinski definition) is 2. The highest BCUT2D eigenvalue weighted by atomic mass is 19.4. The van der Waals surface area contributed by atoms with Crippen LogP contribution in [0.15, 0.2) is 24.3 Å². The summed E-state index contributed by atoms with van der Waals surface area (Å²) in [6, 6.07) is 6.32. The molecule has 1 N–H and O–H groups in total. The minimum Gasteiger partial charge on any atom is -0.305 e. The maximum absolute atomic E-state index is 12.1. The number of halogens is 3. The van der Waals surface area contributed by atoms with Crippen molar-refractivity contribution < 1.29 is 18.0 Å². The number of rotatable bonds is 4. The van der Waals surface area contributed by atoms with Gasteiger partial charge in [0.15, 0.2) is 0 Å². The first kappa shape index (κ1) is 12.0. The quantitative estimate of drug-likeness (QED) is 0.785. The zero-order chi connectivity index (χ0) is 11.3. The average Bonchev–Trinajstić information content (AvgIpc) is 2.12. The number of alkyl halides is 3. The molecule has 1 aromatic carbocycles. The number of benzene rings is 1. The topological polar surface area (TPSA) is 21.3 Å². The van der Waals surface area contributed by atoms with Crippen molar-refractivity contribution in [3.63, 3.8) is 0 Å². The normalized spacial score (nSPS) is 11.7. The van der Waals surface area contributed by atoms with Gasteiger partial charge in [-0.1, -0.05) is 24.3 Å². The number of nitrogens with one attached hydrogen (secondary N) is 1. The van der Waals surface area contributed by atoms with E-state index in [9.17, 15) is 13.2 Å². The molecule has 0 amide bonds. The lowest BCUT2D eigenvalue weighted by atomic mass is 10.1. The summed E-state index contributed by atoms with van der Waals surface area (Å²) in [6.07, 6.45) is -5.05. The summed E-state index contributed by atoms with van der Waals surface area (Å²) in [5.74, 6) is 0. The van der Waals surface area contributed by atoms with Crippen molar-refractivity contribution in [3.05, 3.63) is 35.4 Å². The van der Waals surface area contributed by atoms with Crippen molar-refractivity contribution in [2.24, 2.45) is 0 Å². The van der Waals surface area contributed by atoms with Crippen LogP contribution in [0.1, 0.15) is 11.1 Å². The minimum atomic E-state index is -4.16. The van der Waals surface area contributed by atoms with Gasteiger partial charge in [-0.25, -0.2) is 0 Å². The van der Waals surface area contributed by atoms with Crippen molar-refractivity contribution in [1.82, 2.24) is 5.48 Å². The van der Waals surface area contributed by atoms with Crippen LogP contribution in [0.4, 0.5) is 13.2 Å².